The van der Waals surface area contributed by atoms with Crippen molar-refractivity contribution >= 4 is 23.4 Å². The van der Waals surface area contributed by atoms with E-state index in [9.17, 15) is 9.59 Å². The number of hydrogen-bond donors (Lipinski definition) is 2. The van der Waals surface area contributed by atoms with Gasteiger partial charge in [-0.15, -0.1) is 0 Å². The largest absolute Gasteiger partial charge is 0.384 e. The third kappa shape index (κ3) is 4.26. The van der Waals surface area contributed by atoms with Crippen LogP contribution in [0.3, 0.4) is 0 Å². The van der Waals surface area contributed by atoms with E-state index in [2.05, 4.69) is 11.8 Å². The fraction of sp³-hybridized carbons (Fsp3) is 0.286. The number of rotatable bonds is 4. The molecule has 1 rings (SSSR count). The van der Waals surface area contributed by atoms with Crippen molar-refractivity contribution in [2.24, 2.45) is 5.73 Å². The van der Waals surface area contributed by atoms with Crippen LogP contribution in [-0.4, -0.2) is 41.5 Å². The molecular weight excluding hydrogens is 280 g/mol. The molecule has 2 amide bonds. The Kier molecular flexibility index (Phi) is 6.04. The molecule has 0 atom stereocenters. The maximum atomic E-state index is 12.2. The van der Waals surface area contributed by atoms with Gasteiger partial charge in [0.2, 0.25) is 5.91 Å². The molecule has 0 aliphatic rings. The van der Waals surface area contributed by atoms with E-state index in [0.29, 0.717) is 22.7 Å². The summed E-state index contributed by atoms with van der Waals surface area (Å²) in [6.07, 6.45) is 0. The highest BCUT2D eigenvalue weighted by Gasteiger charge is 2.16. The first kappa shape index (κ1) is 16.0. The molecule has 0 unspecified atom stereocenters. The average molecular weight is 295 g/mol. The van der Waals surface area contributed by atoms with E-state index in [-0.39, 0.29) is 19.1 Å². The molecule has 1 aromatic rings. The summed E-state index contributed by atoms with van der Waals surface area (Å²) in [7, 11) is 0. The molecule has 0 saturated heterocycles. The number of carbonyl (C=O) groups is 2. The van der Waals surface area contributed by atoms with Crippen LogP contribution in [0.25, 0.3) is 0 Å². The summed E-state index contributed by atoms with van der Waals surface area (Å²) in [6.45, 7) is 1.72. The normalized spacial score (nSPS) is 9.55. The first-order chi connectivity index (χ1) is 9.49. The van der Waals surface area contributed by atoms with Crippen LogP contribution < -0.4 is 5.73 Å². The second-order valence-electron chi connectivity index (χ2n) is 3.94. The van der Waals surface area contributed by atoms with Crippen LogP contribution in [0.2, 0.25) is 5.02 Å². The van der Waals surface area contributed by atoms with Gasteiger partial charge >= 0.3 is 0 Å². The summed E-state index contributed by atoms with van der Waals surface area (Å²) in [5.74, 6) is 4.26. The summed E-state index contributed by atoms with van der Waals surface area (Å²) in [5, 5.41) is 8.94. The number of carbonyl (C=O) groups excluding carboxylic acids is 2. The van der Waals surface area contributed by atoms with Crippen molar-refractivity contribution in [1.82, 2.24) is 4.90 Å². The van der Waals surface area contributed by atoms with Gasteiger partial charge in [0.1, 0.15) is 6.61 Å². The minimum atomic E-state index is -0.572. The summed E-state index contributed by atoms with van der Waals surface area (Å²) in [4.78, 5) is 24.4. The number of hydrogen-bond acceptors (Lipinski definition) is 3. The average Bonchev–Trinajstić information content (AvgIpc) is 2.42. The van der Waals surface area contributed by atoms with E-state index in [4.69, 9.17) is 22.4 Å². The van der Waals surface area contributed by atoms with Crippen LogP contribution in [-0.2, 0) is 4.79 Å². The molecule has 0 saturated carbocycles. The van der Waals surface area contributed by atoms with Crippen LogP contribution in [0, 0.1) is 11.8 Å². The first-order valence-corrected chi connectivity index (χ1v) is 6.34. The second-order valence-corrected chi connectivity index (χ2v) is 4.35. The zero-order chi connectivity index (χ0) is 15.1. The number of benzene rings is 1. The van der Waals surface area contributed by atoms with Gasteiger partial charge < -0.3 is 15.7 Å². The topological polar surface area (TPSA) is 83.6 Å². The van der Waals surface area contributed by atoms with E-state index in [1.807, 2.05) is 0 Å². The SMILES string of the molecule is CCN(CC(N)=O)C(=O)c1ccc(C#CCO)c(Cl)c1. The predicted octanol–water partition coefficient (Wildman–Crippen LogP) is 0.631. The molecule has 6 heteroatoms. The number of aliphatic hydroxyl groups is 1. The van der Waals surface area contributed by atoms with Crippen LogP contribution >= 0.6 is 11.6 Å². The van der Waals surface area contributed by atoms with Crippen molar-refractivity contribution in [1.29, 1.82) is 0 Å². The molecule has 106 valence electrons. The minimum Gasteiger partial charge on any atom is -0.384 e. The molecule has 0 aliphatic carbocycles. The highest BCUT2D eigenvalue weighted by Crippen LogP contribution is 2.18. The van der Waals surface area contributed by atoms with Gasteiger partial charge in [0.15, 0.2) is 0 Å². The van der Waals surface area contributed by atoms with Crippen molar-refractivity contribution in [3.05, 3.63) is 34.3 Å². The Bertz CT molecular complexity index is 576. The zero-order valence-electron chi connectivity index (χ0n) is 11.0. The lowest BCUT2D eigenvalue weighted by atomic mass is 10.1. The summed E-state index contributed by atoms with van der Waals surface area (Å²) < 4.78 is 0. The molecule has 5 nitrogen and oxygen atoms in total. The molecule has 0 aliphatic heterocycles. The van der Waals surface area contributed by atoms with Crippen LogP contribution in [0.4, 0.5) is 0 Å². The summed E-state index contributed by atoms with van der Waals surface area (Å²) in [5.41, 5.74) is 5.97. The Morgan fingerprint density at radius 2 is 2.15 bits per heavy atom. The quantitative estimate of drug-likeness (QED) is 0.799. The van der Waals surface area contributed by atoms with Gasteiger partial charge in [-0.25, -0.2) is 0 Å². The van der Waals surface area contributed by atoms with Gasteiger partial charge in [-0.2, -0.15) is 0 Å². The zero-order valence-corrected chi connectivity index (χ0v) is 11.8. The Hall–Kier alpha value is -2.03. The number of nitrogens with two attached hydrogens (primary N) is 1. The van der Waals surface area contributed by atoms with Gasteiger partial charge in [0, 0.05) is 17.7 Å². The van der Waals surface area contributed by atoms with Crippen LogP contribution in [0.15, 0.2) is 18.2 Å². The van der Waals surface area contributed by atoms with Crippen molar-refractivity contribution in [2.75, 3.05) is 19.7 Å². The fourth-order valence-electron chi connectivity index (χ4n) is 1.58. The lowest BCUT2D eigenvalue weighted by Gasteiger charge is -2.19. The number of primary amides is 1. The molecule has 0 aromatic heterocycles. The monoisotopic (exact) mass is 294 g/mol. The summed E-state index contributed by atoms with van der Waals surface area (Å²) >= 11 is 6.02. The molecule has 0 fully saturated rings. The molecule has 3 N–H and O–H groups in total. The predicted molar refractivity (Wildman–Crippen MR) is 76.2 cm³/mol. The lowest BCUT2D eigenvalue weighted by molar-refractivity contribution is -0.118. The van der Waals surface area contributed by atoms with E-state index >= 15 is 0 Å². The summed E-state index contributed by atoms with van der Waals surface area (Å²) in [6, 6.07) is 4.64. The van der Waals surface area contributed by atoms with E-state index in [1.54, 1.807) is 19.1 Å². The maximum Gasteiger partial charge on any atom is 0.254 e. The van der Waals surface area contributed by atoms with E-state index in [1.165, 1.54) is 11.0 Å². The van der Waals surface area contributed by atoms with Gasteiger partial charge in [-0.1, -0.05) is 23.4 Å². The Balaban J connectivity index is 2.99. The van der Waals surface area contributed by atoms with Crippen molar-refractivity contribution in [3.63, 3.8) is 0 Å². The molecule has 20 heavy (non-hydrogen) atoms. The third-order valence-electron chi connectivity index (χ3n) is 2.53. The molecule has 0 bridgehead atoms. The highest BCUT2D eigenvalue weighted by atomic mass is 35.5. The fourth-order valence-corrected chi connectivity index (χ4v) is 1.81. The number of aliphatic hydroxyl groups excluding tert-OH is 1. The van der Waals surface area contributed by atoms with Gasteiger partial charge in [-0.05, 0) is 25.1 Å². The number of nitrogens with zero attached hydrogens (tertiary/aromatic N) is 1. The van der Waals surface area contributed by atoms with Gasteiger partial charge in [0.25, 0.3) is 5.91 Å². The van der Waals surface area contributed by atoms with Crippen LogP contribution in [0.5, 0.6) is 0 Å². The number of likely N-dealkylation sites (N-methyl/N-ethyl adjacent to an activating group) is 1. The first-order valence-electron chi connectivity index (χ1n) is 5.96. The van der Waals surface area contributed by atoms with Crippen LogP contribution in [0.1, 0.15) is 22.8 Å². The van der Waals surface area contributed by atoms with Crippen molar-refractivity contribution in [2.45, 2.75) is 6.92 Å². The molecule has 1 aromatic carbocycles. The van der Waals surface area contributed by atoms with Crippen molar-refractivity contribution in [3.8, 4) is 11.8 Å². The molecular formula is C14H15ClN2O3. The van der Waals surface area contributed by atoms with Gasteiger partial charge in [-0.3, -0.25) is 9.59 Å². The second kappa shape index (κ2) is 7.53. The smallest absolute Gasteiger partial charge is 0.254 e. The standard InChI is InChI=1S/C14H15ClN2O3/c1-2-17(9-13(16)19)14(20)11-6-5-10(4-3-7-18)12(15)8-11/h5-6,8,18H,2,7,9H2,1H3,(H2,16,19). The molecule has 0 radical (unpaired) electrons. The Labute approximate surface area is 122 Å². The molecule has 0 spiro atoms. The minimum absolute atomic E-state index is 0.140. The number of amides is 2. The van der Waals surface area contributed by atoms with E-state index in [0.717, 1.165) is 0 Å². The molecule has 0 heterocycles. The third-order valence-corrected chi connectivity index (χ3v) is 2.85. The lowest BCUT2D eigenvalue weighted by Crippen LogP contribution is -2.38. The van der Waals surface area contributed by atoms with E-state index < -0.39 is 5.91 Å². The highest BCUT2D eigenvalue weighted by molar-refractivity contribution is 6.32. The number of halogens is 1. The Morgan fingerprint density at radius 1 is 1.45 bits per heavy atom. The van der Waals surface area contributed by atoms with Crippen molar-refractivity contribution < 1.29 is 14.7 Å². The van der Waals surface area contributed by atoms with Gasteiger partial charge in [0.05, 0.1) is 11.6 Å². The Morgan fingerprint density at radius 3 is 2.65 bits per heavy atom. The maximum absolute atomic E-state index is 12.2.